The first-order chi connectivity index (χ1) is 14.2. The number of carbonyl (C=O) groups is 1. The minimum absolute atomic E-state index is 0.0843. The van der Waals surface area contributed by atoms with E-state index < -0.39 is 0 Å². The summed E-state index contributed by atoms with van der Waals surface area (Å²) in [5, 5.41) is 4.07. The first kappa shape index (κ1) is 19.4. The Kier molecular flexibility index (Phi) is 6.06. The molecule has 2 aromatic carbocycles. The predicted octanol–water partition coefficient (Wildman–Crippen LogP) is 3.85. The minimum atomic E-state index is 0.0843. The summed E-state index contributed by atoms with van der Waals surface area (Å²) in [6.07, 6.45) is 0.497. The van der Waals surface area contributed by atoms with E-state index in [0.717, 1.165) is 44.2 Å². The lowest BCUT2D eigenvalue weighted by molar-refractivity contribution is -0.133. The van der Waals surface area contributed by atoms with E-state index in [4.69, 9.17) is 4.52 Å². The maximum atomic E-state index is 13.1. The smallest absolute Gasteiger partial charge is 0.223 e. The van der Waals surface area contributed by atoms with Gasteiger partial charge in [-0.25, -0.2) is 0 Å². The molecule has 1 aromatic heterocycles. The Balaban J connectivity index is 1.38. The summed E-state index contributed by atoms with van der Waals surface area (Å²) in [6.45, 7) is 5.91. The molecule has 0 spiro atoms. The summed E-state index contributed by atoms with van der Waals surface area (Å²) in [7, 11) is 0. The molecule has 5 nitrogen and oxygen atoms in total. The molecule has 1 amide bonds. The van der Waals surface area contributed by atoms with Gasteiger partial charge in [0, 0.05) is 51.1 Å². The van der Waals surface area contributed by atoms with Crippen LogP contribution in [0.25, 0.3) is 0 Å². The van der Waals surface area contributed by atoms with Gasteiger partial charge < -0.3 is 9.42 Å². The van der Waals surface area contributed by atoms with Crippen molar-refractivity contribution in [1.82, 2.24) is 15.0 Å². The summed E-state index contributed by atoms with van der Waals surface area (Å²) in [5.74, 6) is 1.14. The van der Waals surface area contributed by atoms with Gasteiger partial charge in [-0.2, -0.15) is 0 Å². The van der Waals surface area contributed by atoms with Crippen molar-refractivity contribution in [3.63, 3.8) is 0 Å². The van der Waals surface area contributed by atoms with Crippen LogP contribution in [0, 0.1) is 6.92 Å². The Morgan fingerprint density at radius 2 is 1.55 bits per heavy atom. The molecular formula is C24H27N3O2. The Morgan fingerprint density at radius 1 is 0.966 bits per heavy atom. The molecule has 5 heteroatoms. The van der Waals surface area contributed by atoms with Gasteiger partial charge in [-0.1, -0.05) is 65.8 Å². The highest BCUT2D eigenvalue weighted by Crippen LogP contribution is 2.28. The third-order valence-electron chi connectivity index (χ3n) is 5.57. The summed E-state index contributed by atoms with van der Waals surface area (Å²) in [6, 6.07) is 22.6. The van der Waals surface area contributed by atoms with Crippen LogP contribution in [-0.2, 0) is 11.3 Å². The summed E-state index contributed by atoms with van der Waals surface area (Å²) >= 11 is 0. The van der Waals surface area contributed by atoms with Crippen LogP contribution in [0.1, 0.15) is 34.9 Å². The van der Waals surface area contributed by atoms with E-state index in [1.807, 2.05) is 54.3 Å². The molecule has 0 atom stereocenters. The molecule has 1 aliphatic heterocycles. The minimum Gasteiger partial charge on any atom is -0.361 e. The fourth-order valence-electron chi connectivity index (χ4n) is 3.98. The Labute approximate surface area is 171 Å². The number of hydrogen-bond donors (Lipinski definition) is 0. The molecule has 1 fully saturated rings. The Bertz CT molecular complexity index is 876. The SMILES string of the molecule is Cc1cc(CN2CCN(C(=O)CC(c3ccccc3)c3ccccc3)CC2)no1. The second-order valence-electron chi connectivity index (χ2n) is 7.66. The van der Waals surface area contributed by atoms with Gasteiger partial charge in [0.05, 0.1) is 5.69 Å². The number of piperazine rings is 1. The van der Waals surface area contributed by atoms with Crippen molar-refractivity contribution >= 4 is 5.91 Å². The summed E-state index contributed by atoms with van der Waals surface area (Å²) < 4.78 is 5.15. The molecule has 0 bridgehead atoms. The number of hydrogen-bond acceptors (Lipinski definition) is 4. The van der Waals surface area contributed by atoms with Gasteiger partial charge in [-0.3, -0.25) is 9.69 Å². The van der Waals surface area contributed by atoms with Crippen molar-refractivity contribution in [2.45, 2.75) is 25.8 Å². The summed E-state index contributed by atoms with van der Waals surface area (Å²) in [5.41, 5.74) is 3.33. The van der Waals surface area contributed by atoms with Crippen molar-refractivity contribution in [3.05, 3.63) is 89.3 Å². The monoisotopic (exact) mass is 389 g/mol. The number of amides is 1. The van der Waals surface area contributed by atoms with E-state index in [-0.39, 0.29) is 11.8 Å². The van der Waals surface area contributed by atoms with Crippen LogP contribution in [0.5, 0.6) is 0 Å². The number of aryl methyl sites for hydroxylation is 1. The zero-order chi connectivity index (χ0) is 20.1. The molecule has 1 aliphatic rings. The van der Waals surface area contributed by atoms with Crippen LogP contribution >= 0.6 is 0 Å². The topological polar surface area (TPSA) is 49.6 Å². The van der Waals surface area contributed by atoms with Gasteiger partial charge in [0.25, 0.3) is 0 Å². The van der Waals surface area contributed by atoms with E-state index >= 15 is 0 Å². The van der Waals surface area contributed by atoms with Crippen LogP contribution < -0.4 is 0 Å². The lowest BCUT2D eigenvalue weighted by Crippen LogP contribution is -2.48. The van der Waals surface area contributed by atoms with Gasteiger partial charge in [-0.05, 0) is 18.1 Å². The molecule has 1 saturated heterocycles. The maximum absolute atomic E-state index is 13.1. The first-order valence-corrected chi connectivity index (χ1v) is 10.2. The van der Waals surface area contributed by atoms with Gasteiger partial charge in [-0.15, -0.1) is 0 Å². The number of nitrogens with zero attached hydrogens (tertiary/aromatic N) is 3. The molecule has 29 heavy (non-hydrogen) atoms. The van der Waals surface area contributed by atoms with E-state index in [9.17, 15) is 4.79 Å². The normalized spacial score (nSPS) is 15.0. The van der Waals surface area contributed by atoms with Crippen molar-refractivity contribution in [1.29, 1.82) is 0 Å². The second-order valence-corrected chi connectivity index (χ2v) is 7.66. The molecule has 2 heterocycles. The molecule has 150 valence electrons. The number of benzene rings is 2. The van der Waals surface area contributed by atoms with Gasteiger partial charge in [0.15, 0.2) is 0 Å². The van der Waals surface area contributed by atoms with E-state index in [1.54, 1.807) is 0 Å². The van der Waals surface area contributed by atoms with E-state index in [0.29, 0.717) is 6.42 Å². The molecule has 0 N–H and O–H groups in total. The molecular weight excluding hydrogens is 362 g/mol. The van der Waals surface area contributed by atoms with Gasteiger partial charge >= 0.3 is 0 Å². The lowest BCUT2D eigenvalue weighted by Gasteiger charge is -2.35. The zero-order valence-corrected chi connectivity index (χ0v) is 16.8. The highest BCUT2D eigenvalue weighted by molar-refractivity contribution is 5.78. The highest BCUT2D eigenvalue weighted by Gasteiger charge is 2.25. The molecule has 0 aliphatic carbocycles. The number of carbonyl (C=O) groups excluding carboxylic acids is 1. The van der Waals surface area contributed by atoms with Crippen LogP contribution in [0.15, 0.2) is 71.3 Å². The molecule has 0 saturated carbocycles. The quantitative estimate of drug-likeness (QED) is 0.643. The van der Waals surface area contributed by atoms with Gasteiger partial charge in [0.1, 0.15) is 5.76 Å². The second kappa shape index (κ2) is 9.05. The fraction of sp³-hybridized carbons (Fsp3) is 0.333. The molecule has 0 unspecified atom stereocenters. The highest BCUT2D eigenvalue weighted by atomic mass is 16.5. The fourth-order valence-corrected chi connectivity index (χ4v) is 3.98. The van der Waals surface area contributed by atoms with Crippen LogP contribution in [0.2, 0.25) is 0 Å². The first-order valence-electron chi connectivity index (χ1n) is 10.2. The van der Waals surface area contributed by atoms with E-state index in [2.05, 4.69) is 34.3 Å². The molecule has 3 aromatic rings. The Hall–Kier alpha value is -2.92. The van der Waals surface area contributed by atoms with E-state index in [1.165, 1.54) is 11.1 Å². The van der Waals surface area contributed by atoms with Gasteiger partial charge in [0.2, 0.25) is 5.91 Å². The molecule has 4 rings (SSSR count). The van der Waals surface area contributed by atoms with Crippen LogP contribution in [0.3, 0.4) is 0 Å². The zero-order valence-electron chi connectivity index (χ0n) is 16.8. The van der Waals surface area contributed by atoms with Crippen molar-refractivity contribution in [3.8, 4) is 0 Å². The largest absolute Gasteiger partial charge is 0.361 e. The molecule has 0 radical (unpaired) electrons. The number of rotatable bonds is 6. The van der Waals surface area contributed by atoms with Crippen LogP contribution in [-0.4, -0.2) is 47.0 Å². The van der Waals surface area contributed by atoms with Crippen molar-refractivity contribution in [2.75, 3.05) is 26.2 Å². The van der Waals surface area contributed by atoms with Crippen molar-refractivity contribution in [2.24, 2.45) is 0 Å². The third kappa shape index (κ3) is 4.93. The average molecular weight is 389 g/mol. The maximum Gasteiger partial charge on any atom is 0.223 e. The third-order valence-corrected chi connectivity index (χ3v) is 5.57. The van der Waals surface area contributed by atoms with Crippen molar-refractivity contribution < 1.29 is 9.32 Å². The average Bonchev–Trinajstić information content (AvgIpc) is 3.18. The summed E-state index contributed by atoms with van der Waals surface area (Å²) in [4.78, 5) is 17.4. The lowest BCUT2D eigenvalue weighted by atomic mass is 9.88. The van der Waals surface area contributed by atoms with Crippen LogP contribution in [0.4, 0.5) is 0 Å². The Morgan fingerprint density at radius 3 is 2.07 bits per heavy atom. The standard InChI is InChI=1S/C24H27N3O2/c1-19-16-22(25-29-19)18-26-12-14-27(15-13-26)24(28)17-23(20-8-4-2-5-9-20)21-10-6-3-7-11-21/h2-11,16,23H,12-15,17-18H2,1H3. The number of aromatic nitrogens is 1. The predicted molar refractivity (Wildman–Crippen MR) is 112 cm³/mol.